The van der Waals surface area contributed by atoms with E-state index in [1.54, 1.807) is 0 Å². The van der Waals surface area contributed by atoms with E-state index in [-0.39, 0.29) is 11.9 Å². The minimum absolute atomic E-state index is 0.00258. The molecular weight excluding hydrogens is 202 g/mol. The Morgan fingerprint density at radius 3 is 2.44 bits per heavy atom. The summed E-state index contributed by atoms with van der Waals surface area (Å²) in [6, 6.07) is 0.00258. The number of nitrogens with two attached hydrogens (primary N) is 1. The van der Waals surface area contributed by atoms with Crippen molar-refractivity contribution in [2.24, 2.45) is 5.73 Å². The van der Waals surface area contributed by atoms with Crippen molar-refractivity contribution in [2.75, 3.05) is 26.2 Å². The molecule has 3 N–H and O–H groups in total. The van der Waals surface area contributed by atoms with E-state index in [9.17, 15) is 4.79 Å². The van der Waals surface area contributed by atoms with E-state index in [1.165, 1.54) is 0 Å². The third kappa shape index (κ3) is 7.65. The second kappa shape index (κ2) is 9.60. The highest BCUT2D eigenvalue weighted by Gasteiger charge is 2.06. The van der Waals surface area contributed by atoms with E-state index < -0.39 is 0 Å². The highest BCUT2D eigenvalue weighted by atomic mass is 16.1. The highest BCUT2D eigenvalue weighted by molar-refractivity contribution is 5.76. The highest BCUT2D eigenvalue weighted by Crippen LogP contribution is 1.93. The molecule has 0 aromatic heterocycles. The monoisotopic (exact) mass is 229 g/mol. The van der Waals surface area contributed by atoms with Crippen molar-refractivity contribution in [2.45, 2.75) is 46.1 Å². The van der Waals surface area contributed by atoms with Crippen LogP contribution in [0.25, 0.3) is 0 Å². The summed E-state index contributed by atoms with van der Waals surface area (Å²) in [5.41, 5.74) is 5.70. The van der Waals surface area contributed by atoms with Gasteiger partial charge in [0.15, 0.2) is 0 Å². The Kier molecular flexibility index (Phi) is 9.24. The Hall–Kier alpha value is -0.610. The van der Waals surface area contributed by atoms with Crippen LogP contribution in [0.15, 0.2) is 0 Å². The largest absolute Gasteiger partial charge is 0.356 e. The van der Waals surface area contributed by atoms with E-state index in [0.717, 1.165) is 39.0 Å². The quantitative estimate of drug-likeness (QED) is 0.579. The molecule has 0 heterocycles. The van der Waals surface area contributed by atoms with Crippen LogP contribution in [-0.2, 0) is 4.79 Å². The molecule has 0 saturated heterocycles. The predicted octanol–water partition coefficient (Wildman–Crippen LogP) is 0.962. The number of nitrogens with one attached hydrogen (secondary N) is 1. The van der Waals surface area contributed by atoms with Crippen molar-refractivity contribution in [1.29, 1.82) is 0 Å². The molecule has 0 radical (unpaired) electrons. The molecule has 96 valence electrons. The van der Waals surface area contributed by atoms with Gasteiger partial charge in [-0.1, -0.05) is 20.8 Å². The average molecular weight is 229 g/mol. The summed E-state index contributed by atoms with van der Waals surface area (Å²) >= 11 is 0. The second-order valence-electron chi connectivity index (χ2n) is 4.10. The molecule has 4 heteroatoms. The van der Waals surface area contributed by atoms with Gasteiger partial charge in [-0.2, -0.15) is 0 Å². The Morgan fingerprint density at radius 2 is 1.94 bits per heavy atom. The summed E-state index contributed by atoms with van der Waals surface area (Å²) < 4.78 is 0. The van der Waals surface area contributed by atoms with E-state index in [0.29, 0.717) is 6.42 Å². The molecule has 0 aromatic carbocycles. The lowest BCUT2D eigenvalue weighted by Crippen LogP contribution is -2.33. The molecular formula is C12H27N3O. The predicted molar refractivity (Wildman–Crippen MR) is 68.3 cm³/mol. The minimum Gasteiger partial charge on any atom is -0.356 e. The van der Waals surface area contributed by atoms with Crippen LogP contribution in [0, 0.1) is 0 Å². The molecule has 1 atom stereocenters. The van der Waals surface area contributed by atoms with Crippen molar-refractivity contribution in [3.05, 3.63) is 0 Å². The number of carbonyl (C=O) groups is 1. The Morgan fingerprint density at radius 1 is 1.31 bits per heavy atom. The van der Waals surface area contributed by atoms with Gasteiger partial charge in [-0.3, -0.25) is 4.79 Å². The van der Waals surface area contributed by atoms with Crippen LogP contribution in [0.1, 0.15) is 40.0 Å². The SMILES string of the molecule is CCC(N)CC(=O)NCCCN(CC)CC. The molecule has 4 nitrogen and oxygen atoms in total. The van der Waals surface area contributed by atoms with Gasteiger partial charge >= 0.3 is 0 Å². The number of hydrogen-bond donors (Lipinski definition) is 2. The minimum atomic E-state index is 0.00258. The summed E-state index contributed by atoms with van der Waals surface area (Å²) in [7, 11) is 0. The molecule has 0 aliphatic carbocycles. The lowest BCUT2D eigenvalue weighted by atomic mass is 10.1. The molecule has 0 aliphatic heterocycles. The first-order valence-electron chi connectivity index (χ1n) is 6.38. The fourth-order valence-corrected chi connectivity index (χ4v) is 1.52. The third-order valence-corrected chi connectivity index (χ3v) is 2.84. The van der Waals surface area contributed by atoms with Gasteiger partial charge in [-0.05, 0) is 32.5 Å². The van der Waals surface area contributed by atoms with Crippen LogP contribution in [0.4, 0.5) is 0 Å². The molecule has 0 saturated carbocycles. The van der Waals surface area contributed by atoms with Crippen molar-refractivity contribution in [1.82, 2.24) is 10.2 Å². The summed E-state index contributed by atoms with van der Waals surface area (Å²) in [6.45, 7) is 10.3. The van der Waals surface area contributed by atoms with Gasteiger partial charge in [0.25, 0.3) is 0 Å². The lowest BCUT2D eigenvalue weighted by Gasteiger charge is -2.17. The maximum Gasteiger partial charge on any atom is 0.221 e. The van der Waals surface area contributed by atoms with Crippen LogP contribution < -0.4 is 11.1 Å². The summed E-state index contributed by atoms with van der Waals surface area (Å²) in [4.78, 5) is 13.7. The number of carbonyl (C=O) groups excluding carboxylic acids is 1. The Bertz CT molecular complexity index is 181. The lowest BCUT2D eigenvalue weighted by molar-refractivity contribution is -0.121. The number of rotatable bonds is 9. The number of amides is 1. The first-order valence-corrected chi connectivity index (χ1v) is 6.38. The van der Waals surface area contributed by atoms with Gasteiger partial charge in [0.1, 0.15) is 0 Å². The summed E-state index contributed by atoms with van der Waals surface area (Å²) in [5, 5.41) is 2.91. The topological polar surface area (TPSA) is 58.4 Å². The number of nitrogens with zero attached hydrogens (tertiary/aromatic N) is 1. The zero-order chi connectivity index (χ0) is 12.4. The van der Waals surface area contributed by atoms with Crippen molar-refractivity contribution in [3.63, 3.8) is 0 Å². The molecule has 1 amide bonds. The van der Waals surface area contributed by atoms with Crippen LogP contribution in [0.3, 0.4) is 0 Å². The maximum absolute atomic E-state index is 11.4. The molecule has 0 aromatic rings. The van der Waals surface area contributed by atoms with Gasteiger partial charge in [-0.25, -0.2) is 0 Å². The van der Waals surface area contributed by atoms with Crippen LogP contribution in [0.5, 0.6) is 0 Å². The van der Waals surface area contributed by atoms with Crippen LogP contribution in [0.2, 0.25) is 0 Å². The van der Waals surface area contributed by atoms with Crippen molar-refractivity contribution in [3.8, 4) is 0 Å². The van der Waals surface area contributed by atoms with Gasteiger partial charge in [-0.15, -0.1) is 0 Å². The zero-order valence-corrected chi connectivity index (χ0v) is 11.0. The smallest absolute Gasteiger partial charge is 0.221 e. The molecule has 0 rings (SSSR count). The zero-order valence-electron chi connectivity index (χ0n) is 11.0. The molecule has 0 aliphatic rings. The average Bonchev–Trinajstić information content (AvgIpc) is 2.29. The van der Waals surface area contributed by atoms with Gasteiger partial charge in [0.05, 0.1) is 0 Å². The summed E-state index contributed by atoms with van der Waals surface area (Å²) in [5.74, 6) is 0.0777. The first-order chi connectivity index (χ1) is 7.63. The molecule has 0 bridgehead atoms. The molecule has 16 heavy (non-hydrogen) atoms. The van der Waals surface area contributed by atoms with Crippen LogP contribution in [-0.4, -0.2) is 43.0 Å². The fourth-order valence-electron chi connectivity index (χ4n) is 1.52. The first kappa shape index (κ1) is 15.4. The van der Waals surface area contributed by atoms with Gasteiger partial charge in [0.2, 0.25) is 5.91 Å². The fraction of sp³-hybridized carbons (Fsp3) is 0.917. The normalized spacial score (nSPS) is 12.8. The second-order valence-corrected chi connectivity index (χ2v) is 4.10. The van der Waals surface area contributed by atoms with Gasteiger partial charge in [0, 0.05) is 19.0 Å². The molecule has 0 fully saturated rings. The maximum atomic E-state index is 11.4. The standard InChI is InChI=1S/C12H27N3O/c1-4-11(13)10-12(16)14-8-7-9-15(5-2)6-3/h11H,4-10,13H2,1-3H3,(H,14,16). The van der Waals surface area contributed by atoms with Gasteiger partial charge < -0.3 is 16.0 Å². The molecule has 0 spiro atoms. The van der Waals surface area contributed by atoms with Crippen molar-refractivity contribution >= 4 is 5.91 Å². The number of hydrogen-bond acceptors (Lipinski definition) is 3. The van der Waals surface area contributed by atoms with Crippen LogP contribution >= 0.6 is 0 Å². The van der Waals surface area contributed by atoms with E-state index in [4.69, 9.17) is 5.73 Å². The van der Waals surface area contributed by atoms with E-state index >= 15 is 0 Å². The van der Waals surface area contributed by atoms with E-state index in [2.05, 4.69) is 24.1 Å². The Balaban J connectivity index is 3.47. The van der Waals surface area contributed by atoms with E-state index in [1.807, 2.05) is 6.92 Å². The molecule has 1 unspecified atom stereocenters. The summed E-state index contributed by atoms with van der Waals surface area (Å²) in [6.07, 6.45) is 2.31. The van der Waals surface area contributed by atoms with Crippen molar-refractivity contribution < 1.29 is 4.79 Å². The third-order valence-electron chi connectivity index (χ3n) is 2.84. The Labute approximate surface area is 99.6 Å².